The Morgan fingerprint density at radius 2 is 1.91 bits per heavy atom. The molecule has 22 heavy (non-hydrogen) atoms. The molecule has 0 radical (unpaired) electrons. The van der Waals surface area contributed by atoms with Gasteiger partial charge in [-0.15, -0.1) is 0 Å². The van der Waals surface area contributed by atoms with E-state index in [1.54, 1.807) is 6.07 Å². The van der Waals surface area contributed by atoms with E-state index in [4.69, 9.17) is 18.2 Å². The Bertz CT molecular complexity index is 689. The highest BCUT2D eigenvalue weighted by Gasteiger charge is 2.36. The Hall–Kier alpha value is -2.02. The second-order valence-electron chi connectivity index (χ2n) is 5.66. The van der Waals surface area contributed by atoms with Crippen molar-refractivity contribution in [3.05, 3.63) is 70.5 Å². The first-order valence-corrected chi connectivity index (χ1v) is 7.73. The van der Waals surface area contributed by atoms with E-state index < -0.39 is 6.10 Å². The highest BCUT2D eigenvalue weighted by Crippen LogP contribution is 2.40. The zero-order chi connectivity index (χ0) is 15.5. The molecule has 4 heteroatoms. The summed E-state index contributed by atoms with van der Waals surface area (Å²) in [6.07, 6.45) is 1.65. The first kappa shape index (κ1) is 14.9. The minimum Gasteiger partial charge on any atom is -0.390 e. The Kier molecular flexibility index (Phi) is 4.33. The van der Waals surface area contributed by atoms with Gasteiger partial charge < -0.3 is 10.4 Å². The van der Waals surface area contributed by atoms with Gasteiger partial charge in [-0.05, 0) is 48.6 Å². The zero-order valence-corrected chi connectivity index (χ0v) is 12.8. The van der Waals surface area contributed by atoms with Gasteiger partial charge in [-0.25, -0.2) is 4.85 Å². The summed E-state index contributed by atoms with van der Waals surface area (Å²) in [5.74, 6) is 0.335. The van der Waals surface area contributed by atoms with Crippen molar-refractivity contribution in [2.75, 3.05) is 5.32 Å². The number of anilines is 1. The molecule has 0 saturated heterocycles. The molecule has 0 aliphatic heterocycles. The van der Waals surface area contributed by atoms with Crippen LogP contribution in [0, 0.1) is 12.5 Å². The van der Waals surface area contributed by atoms with Gasteiger partial charge >= 0.3 is 0 Å². The molecule has 3 nitrogen and oxygen atoms in total. The molecular formula is C18H17ClN2O. The Morgan fingerprint density at radius 1 is 1.18 bits per heavy atom. The van der Waals surface area contributed by atoms with E-state index >= 15 is 0 Å². The van der Waals surface area contributed by atoms with Crippen LogP contribution in [0.3, 0.4) is 0 Å². The summed E-state index contributed by atoms with van der Waals surface area (Å²) in [7, 11) is 0. The number of nitrogens with zero attached hydrogens (tertiary/aromatic N) is 1. The number of hydrogen-bond acceptors (Lipinski definition) is 2. The van der Waals surface area contributed by atoms with E-state index in [0.717, 1.165) is 24.1 Å². The number of halogens is 1. The fourth-order valence-electron chi connectivity index (χ4n) is 2.59. The summed E-state index contributed by atoms with van der Waals surface area (Å²) in [5, 5.41) is 14.7. The van der Waals surface area contributed by atoms with Gasteiger partial charge in [-0.1, -0.05) is 35.9 Å². The highest BCUT2D eigenvalue weighted by atomic mass is 35.5. The van der Waals surface area contributed by atoms with Crippen molar-refractivity contribution in [1.82, 2.24) is 0 Å². The SMILES string of the molecule is [C-]#[N+]c1cccc(C(Nc2ccc(Cl)cc2)C(O)C2CC2)c1. The molecule has 2 aromatic rings. The lowest BCUT2D eigenvalue weighted by Gasteiger charge is -2.26. The van der Waals surface area contributed by atoms with Crippen LogP contribution in [0.15, 0.2) is 48.5 Å². The minimum atomic E-state index is -0.461. The summed E-state index contributed by atoms with van der Waals surface area (Å²) in [6.45, 7) is 7.16. The maximum absolute atomic E-state index is 10.6. The summed E-state index contributed by atoms with van der Waals surface area (Å²) in [5.41, 5.74) is 2.42. The number of hydrogen-bond donors (Lipinski definition) is 2. The third kappa shape index (κ3) is 3.41. The second kappa shape index (κ2) is 6.39. The van der Waals surface area contributed by atoms with Gasteiger partial charge in [0.05, 0.1) is 18.7 Å². The molecule has 0 aromatic heterocycles. The average molecular weight is 313 g/mol. The lowest BCUT2D eigenvalue weighted by molar-refractivity contribution is 0.129. The van der Waals surface area contributed by atoms with Gasteiger partial charge in [0.2, 0.25) is 0 Å². The molecule has 112 valence electrons. The van der Waals surface area contributed by atoms with Crippen molar-refractivity contribution in [2.45, 2.75) is 25.0 Å². The van der Waals surface area contributed by atoms with Crippen LogP contribution in [-0.2, 0) is 0 Å². The van der Waals surface area contributed by atoms with Crippen LogP contribution < -0.4 is 5.32 Å². The predicted molar refractivity (Wildman–Crippen MR) is 89.3 cm³/mol. The lowest BCUT2D eigenvalue weighted by atomic mass is 9.97. The Balaban J connectivity index is 1.89. The van der Waals surface area contributed by atoms with Crippen molar-refractivity contribution in [3.8, 4) is 0 Å². The lowest BCUT2D eigenvalue weighted by Crippen LogP contribution is -2.27. The molecule has 0 bridgehead atoms. The van der Waals surface area contributed by atoms with Crippen LogP contribution in [0.4, 0.5) is 11.4 Å². The van der Waals surface area contributed by atoms with E-state index in [-0.39, 0.29) is 6.04 Å². The quantitative estimate of drug-likeness (QED) is 0.777. The molecule has 1 aliphatic carbocycles. The van der Waals surface area contributed by atoms with Crippen molar-refractivity contribution in [2.24, 2.45) is 5.92 Å². The van der Waals surface area contributed by atoms with Crippen LogP contribution in [0.25, 0.3) is 4.85 Å². The molecule has 2 atom stereocenters. The molecule has 2 unspecified atom stereocenters. The van der Waals surface area contributed by atoms with Gasteiger partial charge in [-0.3, -0.25) is 0 Å². The Morgan fingerprint density at radius 3 is 2.55 bits per heavy atom. The molecule has 2 aromatic carbocycles. The average Bonchev–Trinajstić information content (AvgIpc) is 3.38. The molecule has 3 rings (SSSR count). The second-order valence-corrected chi connectivity index (χ2v) is 6.10. The molecular weight excluding hydrogens is 296 g/mol. The molecule has 0 heterocycles. The number of nitrogens with one attached hydrogen (secondary N) is 1. The largest absolute Gasteiger partial charge is 0.390 e. The van der Waals surface area contributed by atoms with E-state index in [9.17, 15) is 5.11 Å². The fourth-order valence-corrected chi connectivity index (χ4v) is 2.72. The topological polar surface area (TPSA) is 36.6 Å². The van der Waals surface area contributed by atoms with Crippen LogP contribution in [-0.4, -0.2) is 11.2 Å². The maximum atomic E-state index is 10.6. The van der Waals surface area contributed by atoms with Crippen molar-refractivity contribution in [3.63, 3.8) is 0 Å². The van der Waals surface area contributed by atoms with E-state index in [2.05, 4.69) is 10.2 Å². The maximum Gasteiger partial charge on any atom is 0.187 e. The Labute approximate surface area is 135 Å². The van der Waals surface area contributed by atoms with E-state index in [1.165, 1.54) is 0 Å². The monoisotopic (exact) mass is 312 g/mol. The van der Waals surface area contributed by atoms with Crippen LogP contribution in [0.1, 0.15) is 24.4 Å². The molecule has 2 N–H and O–H groups in total. The summed E-state index contributed by atoms with van der Waals surface area (Å²) < 4.78 is 0. The highest BCUT2D eigenvalue weighted by molar-refractivity contribution is 6.30. The molecule has 1 aliphatic rings. The van der Waals surface area contributed by atoms with Gasteiger partial charge in [0, 0.05) is 10.7 Å². The van der Waals surface area contributed by atoms with Gasteiger partial charge in [0.15, 0.2) is 5.69 Å². The van der Waals surface area contributed by atoms with Crippen molar-refractivity contribution >= 4 is 23.0 Å². The van der Waals surface area contributed by atoms with Crippen LogP contribution in [0.2, 0.25) is 5.02 Å². The van der Waals surface area contributed by atoms with Crippen molar-refractivity contribution in [1.29, 1.82) is 0 Å². The van der Waals surface area contributed by atoms with Crippen molar-refractivity contribution < 1.29 is 5.11 Å². The minimum absolute atomic E-state index is 0.227. The number of rotatable bonds is 5. The molecule has 1 fully saturated rings. The van der Waals surface area contributed by atoms with Gasteiger partial charge in [0.1, 0.15) is 0 Å². The summed E-state index contributed by atoms with van der Waals surface area (Å²) in [4.78, 5) is 3.48. The first-order valence-electron chi connectivity index (χ1n) is 7.35. The van der Waals surface area contributed by atoms with Gasteiger partial charge in [-0.2, -0.15) is 0 Å². The number of aliphatic hydroxyl groups is 1. The zero-order valence-electron chi connectivity index (χ0n) is 12.0. The first-order chi connectivity index (χ1) is 10.7. The summed E-state index contributed by atoms with van der Waals surface area (Å²) in [6, 6.07) is 14.6. The fraction of sp³-hybridized carbons (Fsp3) is 0.278. The van der Waals surface area contributed by atoms with Gasteiger partial charge in [0.25, 0.3) is 0 Å². The number of benzene rings is 2. The summed E-state index contributed by atoms with van der Waals surface area (Å²) >= 11 is 5.92. The predicted octanol–water partition coefficient (Wildman–Crippen LogP) is 4.81. The number of aliphatic hydroxyl groups excluding tert-OH is 1. The van der Waals surface area contributed by atoms with E-state index in [1.807, 2.05) is 42.5 Å². The third-order valence-corrected chi connectivity index (χ3v) is 4.22. The molecule has 0 amide bonds. The smallest absolute Gasteiger partial charge is 0.187 e. The third-order valence-electron chi connectivity index (χ3n) is 3.97. The van der Waals surface area contributed by atoms with Crippen LogP contribution in [0.5, 0.6) is 0 Å². The molecule has 1 saturated carbocycles. The molecule has 0 spiro atoms. The standard InChI is InChI=1S/C18H17ClN2O/c1-20-16-4-2-3-13(11-16)17(18(22)12-5-6-12)21-15-9-7-14(19)8-10-15/h2-4,7-12,17-18,21-22H,5-6H2. The van der Waals surface area contributed by atoms with E-state index in [0.29, 0.717) is 16.6 Å². The van der Waals surface area contributed by atoms with Crippen LogP contribution >= 0.6 is 11.6 Å². The normalized spacial score (nSPS) is 16.6.